The fraction of sp³-hybridized carbons (Fsp3) is 0.375. The first-order chi connectivity index (χ1) is 13.5. The topological polar surface area (TPSA) is 37.9 Å². The van der Waals surface area contributed by atoms with Crippen molar-refractivity contribution in [2.45, 2.75) is 33.2 Å². The van der Waals surface area contributed by atoms with E-state index < -0.39 is 0 Å². The van der Waals surface area contributed by atoms with Crippen molar-refractivity contribution in [3.05, 3.63) is 75.6 Å². The molecule has 4 nitrogen and oxygen atoms in total. The zero-order chi connectivity index (χ0) is 19.7. The van der Waals surface area contributed by atoms with Gasteiger partial charge in [0.15, 0.2) is 0 Å². The molecule has 0 bridgehead atoms. The van der Waals surface area contributed by atoms with Crippen LogP contribution in [0.1, 0.15) is 36.5 Å². The maximum Gasteiger partial charge on any atom is 0.336 e. The minimum atomic E-state index is -0.249. The van der Waals surface area contributed by atoms with Crippen LogP contribution in [0.3, 0.4) is 0 Å². The second-order valence-electron chi connectivity index (χ2n) is 8.20. The van der Waals surface area contributed by atoms with Crippen molar-refractivity contribution < 1.29 is 9.32 Å². The summed E-state index contributed by atoms with van der Waals surface area (Å²) in [5.74, 6) is 0.450. The Morgan fingerprint density at radius 2 is 1.79 bits per heavy atom. The van der Waals surface area contributed by atoms with Gasteiger partial charge in [0.2, 0.25) is 0 Å². The highest BCUT2D eigenvalue weighted by molar-refractivity contribution is 5.82. The number of nitrogens with one attached hydrogen (secondary N) is 1. The van der Waals surface area contributed by atoms with Gasteiger partial charge in [-0.3, -0.25) is 0 Å². The molecule has 0 atom stereocenters. The predicted octanol–water partition coefficient (Wildman–Crippen LogP) is 3.13. The second-order valence-corrected chi connectivity index (χ2v) is 8.20. The average Bonchev–Trinajstić information content (AvgIpc) is 2.68. The Balaban J connectivity index is 1.56. The zero-order valence-electron chi connectivity index (χ0n) is 17.0. The van der Waals surface area contributed by atoms with Gasteiger partial charge in [0, 0.05) is 22.7 Å². The summed E-state index contributed by atoms with van der Waals surface area (Å²) in [7, 11) is 0. The number of hydrogen-bond donors (Lipinski definition) is 1. The molecule has 1 saturated heterocycles. The van der Waals surface area contributed by atoms with Crippen LogP contribution in [0.25, 0.3) is 11.0 Å². The van der Waals surface area contributed by atoms with Crippen LogP contribution in [0, 0.1) is 6.92 Å². The number of piperazine rings is 1. The fourth-order valence-corrected chi connectivity index (χ4v) is 4.33. The van der Waals surface area contributed by atoms with Crippen LogP contribution >= 0.6 is 0 Å². The van der Waals surface area contributed by atoms with Gasteiger partial charge < -0.3 is 14.2 Å². The lowest BCUT2D eigenvalue weighted by atomic mass is 9.95. The molecular formula is C24H29N2O2+. The molecule has 0 aliphatic carbocycles. The van der Waals surface area contributed by atoms with E-state index in [1.54, 1.807) is 6.07 Å². The number of rotatable bonds is 4. The van der Waals surface area contributed by atoms with E-state index in [0.29, 0.717) is 11.5 Å². The smallest absolute Gasteiger partial charge is 0.336 e. The molecule has 0 radical (unpaired) electrons. The van der Waals surface area contributed by atoms with Crippen molar-refractivity contribution >= 4 is 16.7 Å². The van der Waals surface area contributed by atoms with E-state index in [2.05, 4.69) is 62.1 Å². The molecule has 1 N–H and O–H groups in total. The summed E-state index contributed by atoms with van der Waals surface area (Å²) in [5.41, 5.74) is 5.38. The number of hydrogen-bond acceptors (Lipinski definition) is 3. The molecule has 0 unspecified atom stereocenters. The van der Waals surface area contributed by atoms with E-state index in [-0.39, 0.29) is 5.63 Å². The number of nitrogens with zero attached hydrogens (tertiary/aromatic N) is 1. The molecule has 1 aliphatic heterocycles. The first-order valence-corrected chi connectivity index (χ1v) is 10.2. The molecule has 4 heteroatoms. The largest absolute Gasteiger partial charge is 0.423 e. The SMILES string of the molecule is Cc1cc2oc(=O)cc(C[NH+]3CCN(c4ccccc4)CC3)c2cc1C(C)C. The highest BCUT2D eigenvalue weighted by Gasteiger charge is 2.22. The Kier molecular flexibility index (Phi) is 5.23. The Labute approximate surface area is 166 Å². The standard InChI is InChI=1S/C24H28N2O2/c1-17(2)21-15-22-19(14-24(27)28-23(22)13-18(21)3)16-25-9-11-26(12-10-25)20-7-5-4-6-8-20/h4-8,13-15,17H,9-12,16H2,1-3H3/p+1. The maximum atomic E-state index is 12.1. The second kappa shape index (κ2) is 7.80. The van der Waals surface area contributed by atoms with Gasteiger partial charge in [0.05, 0.1) is 26.2 Å². The van der Waals surface area contributed by atoms with E-state index in [9.17, 15) is 4.79 Å². The maximum absolute atomic E-state index is 12.1. The first kappa shape index (κ1) is 18.8. The Bertz CT molecular complexity index is 1020. The van der Waals surface area contributed by atoms with Gasteiger partial charge in [-0.05, 0) is 48.2 Å². The zero-order valence-corrected chi connectivity index (χ0v) is 17.0. The molecule has 2 heterocycles. The third-order valence-electron chi connectivity index (χ3n) is 5.87. The van der Waals surface area contributed by atoms with Crippen molar-refractivity contribution in [3.8, 4) is 0 Å². The van der Waals surface area contributed by atoms with E-state index in [0.717, 1.165) is 43.7 Å². The minimum Gasteiger partial charge on any atom is -0.423 e. The van der Waals surface area contributed by atoms with E-state index in [1.807, 2.05) is 6.07 Å². The number of para-hydroxylation sites is 1. The van der Waals surface area contributed by atoms with Gasteiger partial charge in [0.25, 0.3) is 0 Å². The fourth-order valence-electron chi connectivity index (χ4n) is 4.33. The normalized spacial score (nSPS) is 15.5. The van der Waals surface area contributed by atoms with Gasteiger partial charge in [0.1, 0.15) is 12.1 Å². The van der Waals surface area contributed by atoms with Crippen LogP contribution in [0.5, 0.6) is 0 Å². The predicted molar refractivity (Wildman–Crippen MR) is 114 cm³/mol. The molecule has 28 heavy (non-hydrogen) atoms. The number of anilines is 1. The summed E-state index contributed by atoms with van der Waals surface area (Å²) in [5, 5.41) is 1.09. The lowest BCUT2D eigenvalue weighted by Gasteiger charge is -2.33. The van der Waals surface area contributed by atoms with E-state index in [1.165, 1.54) is 21.7 Å². The molecule has 1 fully saturated rings. The van der Waals surface area contributed by atoms with Gasteiger partial charge >= 0.3 is 5.63 Å². The van der Waals surface area contributed by atoms with Crippen LogP contribution in [0.4, 0.5) is 5.69 Å². The molecule has 146 valence electrons. The van der Waals surface area contributed by atoms with Crippen LogP contribution < -0.4 is 15.4 Å². The van der Waals surface area contributed by atoms with E-state index in [4.69, 9.17) is 4.42 Å². The van der Waals surface area contributed by atoms with E-state index >= 15 is 0 Å². The Morgan fingerprint density at radius 3 is 2.46 bits per heavy atom. The summed E-state index contributed by atoms with van der Waals surface area (Å²) in [4.78, 5) is 16.1. The summed E-state index contributed by atoms with van der Waals surface area (Å²) in [6, 6.07) is 16.6. The number of fused-ring (bicyclic) bond motifs is 1. The molecule has 4 rings (SSSR count). The van der Waals surface area contributed by atoms with Crippen molar-refractivity contribution in [1.29, 1.82) is 0 Å². The molecule has 0 spiro atoms. The molecule has 1 aromatic heterocycles. The monoisotopic (exact) mass is 377 g/mol. The van der Waals surface area contributed by atoms with Crippen molar-refractivity contribution in [2.75, 3.05) is 31.1 Å². The molecule has 3 aromatic rings. The van der Waals surface area contributed by atoms with Gasteiger partial charge in [-0.1, -0.05) is 32.0 Å². The Morgan fingerprint density at radius 1 is 1.07 bits per heavy atom. The first-order valence-electron chi connectivity index (χ1n) is 10.2. The molecular weight excluding hydrogens is 348 g/mol. The quantitative estimate of drug-likeness (QED) is 0.710. The molecule has 0 saturated carbocycles. The lowest BCUT2D eigenvalue weighted by molar-refractivity contribution is -0.914. The highest BCUT2D eigenvalue weighted by atomic mass is 16.4. The van der Waals surface area contributed by atoms with Crippen LogP contribution in [0.15, 0.2) is 57.7 Å². The highest BCUT2D eigenvalue weighted by Crippen LogP contribution is 2.26. The summed E-state index contributed by atoms with van der Waals surface area (Å²) in [6.07, 6.45) is 0. The third-order valence-corrected chi connectivity index (χ3v) is 5.87. The summed E-state index contributed by atoms with van der Waals surface area (Å²) < 4.78 is 5.51. The van der Waals surface area contributed by atoms with Crippen molar-refractivity contribution in [3.63, 3.8) is 0 Å². The van der Waals surface area contributed by atoms with Crippen LogP contribution in [0.2, 0.25) is 0 Å². The van der Waals surface area contributed by atoms with Gasteiger partial charge in [-0.25, -0.2) is 4.79 Å². The lowest BCUT2D eigenvalue weighted by Crippen LogP contribution is -3.13. The number of quaternary nitrogens is 1. The van der Waals surface area contributed by atoms with Crippen LogP contribution in [-0.4, -0.2) is 26.2 Å². The summed E-state index contributed by atoms with van der Waals surface area (Å²) >= 11 is 0. The van der Waals surface area contributed by atoms with Gasteiger partial charge in [-0.15, -0.1) is 0 Å². The number of aryl methyl sites for hydroxylation is 1. The summed E-state index contributed by atoms with van der Waals surface area (Å²) in [6.45, 7) is 11.6. The average molecular weight is 378 g/mol. The molecule has 0 amide bonds. The third kappa shape index (κ3) is 3.83. The minimum absolute atomic E-state index is 0.249. The molecule has 2 aromatic carbocycles. The number of benzene rings is 2. The van der Waals surface area contributed by atoms with Crippen molar-refractivity contribution in [1.82, 2.24) is 0 Å². The molecule has 1 aliphatic rings. The van der Waals surface area contributed by atoms with Gasteiger partial charge in [-0.2, -0.15) is 0 Å². The van der Waals surface area contributed by atoms with Crippen LogP contribution in [-0.2, 0) is 6.54 Å². The van der Waals surface area contributed by atoms with Crippen molar-refractivity contribution in [2.24, 2.45) is 0 Å². The Hall–Kier alpha value is -2.59.